The zero-order chi connectivity index (χ0) is 18.4. The molecular weight excluding hydrogens is 334 g/mol. The highest BCUT2D eigenvalue weighted by Gasteiger charge is 2.25. The summed E-state index contributed by atoms with van der Waals surface area (Å²) in [7, 11) is 0. The highest BCUT2D eigenvalue weighted by molar-refractivity contribution is 5.91. The number of hydrogen-bond donors (Lipinski definition) is 1. The standard InChI is InChI=1S/C19H21N3O4/c20-19(24)17-11-15(8-9-21-17)26-16-7-4-10-22(12-16)18(23)13-25-14-5-2-1-3-6-14/h1-3,5-6,8-9,11,16H,4,7,10,12-13H2,(H2,20,24). The molecule has 1 saturated heterocycles. The number of amides is 2. The molecule has 1 fully saturated rings. The molecule has 1 unspecified atom stereocenters. The minimum Gasteiger partial charge on any atom is -0.488 e. The van der Waals surface area contributed by atoms with Gasteiger partial charge >= 0.3 is 0 Å². The van der Waals surface area contributed by atoms with Crippen molar-refractivity contribution in [1.29, 1.82) is 0 Å². The third-order valence-corrected chi connectivity index (χ3v) is 4.12. The van der Waals surface area contributed by atoms with Crippen LogP contribution < -0.4 is 15.2 Å². The van der Waals surface area contributed by atoms with Crippen LogP contribution >= 0.6 is 0 Å². The highest BCUT2D eigenvalue weighted by Crippen LogP contribution is 2.19. The molecule has 26 heavy (non-hydrogen) atoms. The molecular formula is C19H21N3O4. The van der Waals surface area contributed by atoms with Gasteiger partial charge in [0.2, 0.25) is 0 Å². The number of pyridine rings is 1. The van der Waals surface area contributed by atoms with Gasteiger partial charge in [0.1, 0.15) is 23.3 Å². The second-order valence-electron chi connectivity index (χ2n) is 6.06. The van der Waals surface area contributed by atoms with E-state index < -0.39 is 5.91 Å². The number of benzene rings is 1. The van der Waals surface area contributed by atoms with Gasteiger partial charge in [0.05, 0.1) is 6.54 Å². The minimum absolute atomic E-state index is 0.00217. The normalized spacial score (nSPS) is 16.8. The summed E-state index contributed by atoms with van der Waals surface area (Å²) in [6.07, 6.45) is 3.01. The molecule has 7 heteroatoms. The van der Waals surface area contributed by atoms with Crippen LogP contribution in [0.25, 0.3) is 0 Å². The van der Waals surface area contributed by atoms with Gasteiger partial charge in [-0.3, -0.25) is 14.6 Å². The lowest BCUT2D eigenvalue weighted by molar-refractivity contribution is -0.136. The van der Waals surface area contributed by atoms with Crippen molar-refractivity contribution in [3.8, 4) is 11.5 Å². The van der Waals surface area contributed by atoms with Crippen LogP contribution in [0.2, 0.25) is 0 Å². The first-order valence-corrected chi connectivity index (χ1v) is 8.50. The molecule has 2 amide bonds. The Morgan fingerprint density at radius 3 is 2.77 bits per heavy atom. The van der Waals surface area contributed by atoms with Gasteiger partial charge in [-0.2, -0.15) is 0 Å². The first kappa shape index (κ1) is 17.7. The number of carbonyl (C=O) groups excluding carboxylic acids is 2. The lowest BCUT2D eigenvalue weighted by Gasteiger charge is -2.32. The molecule has 136 valence electrons. The Hall–Kier alpha value is -3.09. The molecule has 0 aliphatic carbocycles. The van der Waals surface area contributed by atoms with E-state index in [4.69, 9.17) is 15.2 Å². The van der Waals surface area contributed by atoms with E-state index in [1.54, 1.807) is 11.0 Å². The summed E-state index contributed by atoms with van der Waals surface area (Å²) in [6.45, 7) is 1.16. The van der Waals surface area contributed by atoms with Gasteiger partial charge in [-0.25, -0.2) is 0 Å². The molecule has 1 aliphatic rings. The summed E-state index contributed by atoms with van der Waals surface area (Å²) in [6, 6.07) is 12.4. The van der Waals surface area contributed by atoms with Crippen LogP contribution in [0.1, 0.15) is 23.3 Å². The Kier molecular flexibility index (Phi) is 5.68. The molecule has 0 radical (unpaired) electrons. The maximum Gasteiger partial charge on any atom is 0.267 e. The minimum atomic E-state index is -0.603. The number of piperidine rings is 1. The monoisotopic (exact) mass is 355 g/mol. The molecule has 2 heterocycles. The Morgan fingerprint density at radius 2 is 2.00 bits per heavy atom. The van der Waals surface area contributed by atoms with Gasteiger partial charge in [0.15, 0.2) is 6.61 Å². The fourth-order valence-corrected chi connectivity index (χ4v) is 2.83. The number of para-hydroxylation sites is 1. The summed E-state index contributed by atoms with van der Waals surface area (Å²) in [5.74, 6) is 0.513. The third kappa shape index (κ3) is 4.72. The zero-order valence-electron chi connectivity index (χ0n) is 14.3. The Bertz CT molecular complexity index is 766. The van der Waals surface area contributed by atoms with Gasteiger partial charge in [0.25, 0.3) is 11.8 Å². The number of carbonyl (C=O) groups is 2. The maximum absolute atomic E-state index is 12.4. The average molecular weight is 355 g/mol. The van der Waals surface area contributed by atoms with Crippen LogP contribution in [0, 0.1) is 0 Å². The molecule has 0 spiro atoms. The number of rotatable bonds is 6. The van der Waals surface area contributed by atoms with Crippen LogP contribution in [0.4, 0.5) is 0 Å². The van der Waals surface area contributed by atoms with Gasteiger partial charge < -0.3 is 20.1 Å². The summed E-state index contributed by atoms with van der Waals surface area (Å²) in [5.41, 5.74) is 5.39. The SMILES string of the molecule is NC(=O)c1cc(OC2CCCN(C(=O)COc3ccccc3)C2)ccn1. The van der Waals surface area contributed by atoms with Crippen molar-refractivity contribution in [3.63, 3.8) is 0 Å². The van der Waals surface area contributed by atoms with E-state index in [1.165, 1.54) is 12.3 Å². The molecule has 3 rings (SSSR count). The summed E-state index contributed by atoms with van der Waals surface area (Å²) in [5, 5.41) is 0. The van der Waals surface area contributed by atoms with E-state index in [1.807, 2.05) is 30.3 Å². The van der Waals surface area contributed by atoms with E-state index in [0.717, 1.165) is 12.8 Å². The van der Waals surface area contributed by atoms with Gasteiger partial charge in [-0.1, -0.05) is 18.2 Å². The maximum atomic E-state index is 12.4. The molecule has 7 nitrogen and oxygen atoms in total. The van der Waals surface area contributed by atoms with E-state index in [-0.39, 0.29) is 24.3 Å². The van der Waals surface area contributed by atoms with Crippen LogP contribution in [0.3, 0.4) is 0 Å². The van der Waals surface area contributed by atoms with Crippen molar-refractivity contribution < 1.29 is 19.1 Å². The van der Waals surface area contributed by atoms with Gasteiger partial charge in [-0.05, 0) is 31.0 Å². The van der Waals surface area contributed by atoms with Crippen LogP contribution in [0.15, 0.2) is 48.7 Å². The van der Waals surface area contributed by atoms with Crippen molar-refractivity contribution in [1.82, 2.24) is 9.88 Å². The average Bonchev–Trinajstić information content (AvgIpc) is 2.67. The smallest absolute Gasteiger partial charge is 0.267 e. The van der Waals surface area contributed by atoms with Crippen LogP contribution in [-0.2, 0) is 4.79 Å². The zero-order valence-corrected chi connectivity index (χ0v) is 14.3. The molecule has 2 aromatic rings. The third-order valence-electron chi connectivity index (χ3n) is 4.12. The molecule has 0 bridgehead atoms. The summed E-state index contributed by atoms with van der Waals surface area (Å²) in [4.78, 5) is 29.2. The molecule has 0 saturated carbocycles. The molecule has 1 aromatic carbocycles. The fraction of sp³-hybridized carbons (Fsp3) is 0.316. The Labute approximate surface area is 151 Å². The Balaban J connectivity index is 1.54. The van der Waals surface area contributed by atoms with Crippen molar-refractivity contribution >= 4 is 11.8 Å². The van der Waals surface area contributed by atoms with E-state index >= 15 is 0 Å². The van der Waals surface area contributed by atoms with E-state index in [9.17, 15) is 9.59 Å². The number of likely N-dealkylation sites (tertiary alicyclic amines) is 1. The van der Waals surface area contributed by atoms with Crippen LogP contribution in [0.5, 0.6) is 11.5 Å². The van der Waals surface area contributed by atoms with Crippen molar-refractivity contribution in [2.24, 2.45) is 5.73 Å². The highest BCUT2D eigenvalue weighted by atomic mass is 16.5. The quantitative estimate of drug-likeness (QED) is 0.850. The number of nitrogens with zero attached hydrogens (tertiary/aromatic N) is 2. The predicted molar refractivity (Wildman–Crippen MR) is 94.9 cm³/mol. The first-order chi connectivity index (χ1) is 12.6. The molecule has 1 aliphatic heterocycles. The number of ether oxygens (including phenoxy) is 2. The largest absolute Gasteiger partial charge is 0.488 e. The number of aromatic nitrogens is 1. The molecule has 2 N–H and O–H groups in total. The first-order valence-electron chi connectivity index (χ1n) is 8.50. The number of hydrogen-bond acceptors (Lipinski definition) is 5. The lowest BCUT2D eigenvalue weighted by Crippen LogP contribution is -2.46. The lowest BCUT2D eigenvalue weighted by atomic mass is 10.1. The predicted octanol–water partition coefficient (Wildman–Crippen LogP) is 1.63. The molecule has 1 aromatic heterocycles. The second-order valence-corrected chi connectivity index (χ2v) is 6.06. The number of primary amides is 1. The Morgan fingerprint density at radius 1 is 1.19 bits per heavy atom. The van der Waals surface area contributed by atoms with Gasteiger partial charge in [-0.15, -0.1) is 0 Å². The summed E-state index contributed by atoms with van der Waals surface area (Å²) >= 11 is 0. The topological polar surface area (TPSA) is 94.8 Å². The second kappa shape index (κ2) is 8.33. The van der Waals surface area contributed by atoms with Crippen LogP contribution in [-0.4, -0.2) is 47.5 Å². The van der Waals surface area contributed by atoms with E-state index in [0.29, 0.717) is 24.6 Å². The van der Waals surface area contributed by atoms with Crippen molar-refractivity contribution in [2.45, 2.75) is 18.9 Å². The molecule has 1 atom stereocenters. The summed E-state index contributed by atoms with van der Waals surface area (Å²) < 4.78 is 11.4. The fourth-order valence-electron chi connectivity index (χ4n) is 2.83. The van der Waals surface area contributed by atoms with Gasteiger partial charge in [0, 0.05) is 18.8 Å². The van der Waals surface area contributed by atoms with E-state index in [2.05, 4.69) is 4.98 Å². The van der Waals surface area contributed by atoms with Crippen molar-refractivity contribution in [3.05, 3.63) is 54.4 Å². The number of nitrogens with two attached hydrogens (primary N) is 1. The van der Waals surface area contributed by atoms with Crippen molar-refractivity contribution in [2.75, 3.05) is 19.7 Å².